The molecule has 3 rings (SSSR count). The minimum atomic E-state index is -4.77. The van der Waals surface area contributed by atoms with Crippen LogP contribution in [0.4, 0.5) is 23.7 Å². The van der Waals surface area contributed by atoms with Crippen LogP contribution in [0.2, 0.25) is 23.2 Å². The second kappa shape index (κ2) is 14.9. The summed E-state index contributed by atoms with van der Waals surface area (Å²) in [6, 6.07) is 16.8. The first-order valence-corrected chi connectivity index (χ1v) is 18.1. The summed E-state index contributed by atoms with van der Waals surface area (Å²) in [5, 5.41) is 4.84. The molecule has 0 aliphatic heterocycles. The number of alkyl halides is 3. The number of benzene rings is 2. The molecule has 1 aromatic heterocycles. The molecule has 8 nitrogen and oxygen atoms in total. The molecule has 13 heteroatoms. The Hall–Kier alpha value is -3.61. The van der Waals surface area contributed by atoms with Crippen LogP contribution < -0.4 is 16.2 Å². The van der Waals surface area contributed by atoms with Gasteiger partial charge in [-0.1, -0.05) is 88.7 Å². The smallest absolute Gasteiger partial charge is 0.415 e. The molecule has 46 heavy (non-hydrogen) atoms. The van der Waals surface area contributed by atoms with Gasteiger partial charge in [-0.15, -0.1) is 0 Å². The summed E-state index contributed by atoms with van der Waals surface area (Å²) in [7, 11) is -2.92. The lowest BCUT2D eigenvalue weighted by Crippen LogP contribution is -2.59. The summed E-state index contributed by atoms with van der Waals surface area (Å²) in [6.45, 7) is 11.4. The van der Waals surface area contributed by atoms with E-state index in [9.17, 15) is 27.6 Å². The standard InChI is InChI=1S/C33H41ClF3N3O5Si/c1-21(2)28(29(33(35,36)37)45-46(6,7)32(3,4)5)39-27(41)19-40-26(23-13-15-24(34)16-14-23)18-17-25(30(40)42)38-31(43)44-20-22-11-9-8-10-12-22/h8-18,21,28-29H,19-20H2,1-7H3,(H,38,43)(H,39,41). The lowest BCUT2D eigenvalue weighted by Gasteiger charge is -2.42. The number of nitrogens with one attached hydrogen (secondary N) is 2. The normalized spacial score (nSPS) is 13.7. The van der Waals surface area contributed by atoms with Crippen LogP contribution in [0.1, 0.15) is 40.2 Å². The van der Waals surface area contributed by atoms with Crippen LogP contribution >= 0.6 is 11.6 Å². The van der Waals surface area contributed by atoms with Gasteiger partial charge in [0.1, 0.15) is 18.8 Å². The quantitative estimate of drug-likeness (QED) is 0.200. The molecule has 3 aromatic rings. The molecule has 0 fully saturated rings. The largest absolute Gasteiger partial charge is 0.444 e. The third-order valence-electron chi connectivity index (χ3n) is 7.99. The summed E-state index contributed by atoms with van der Waals surface area (Å²) < 4.78 is 55.6. The van der Waals surface area contributed by atoms with E-state index in [0.29, 0.717) is 10.6 Å². The third-order valence-corrected chi connectivity index (χ3v) is 12.7. The Morgan fingerprint density at radius 2 is 1.57 bits per heavy atom. The first-order valence-electron chi connectivity index (χ1n) is 14.8. The molecule has 0 spiro atoms. The van der Waals surface area contributed by atoms with Gasteiger partial charge in [-0.25, -0.2) is 4.79 Å². The Bertz CT molecular complexity index is 1560. The van der Waals surface area contributed by atoms with E-state index >= 15 is 0 Å². The number of anilines is 1. The predicted octanol–water partition coefficient (Wildman–Crippen LogP) is 8.01. The van der Waals surface area contributed by atoms with Crippen LogP contribution in [0.3, 0.4) is 0 Å². The summed E-state index contributed by atoms with van der Waals surface area (Å²) in [4.78, 5) is 39.7. The molecule has 2 atom stereocenters. The molecule has 0 radical (unpaired) electrons. The topological polar surface area (TPSA) is 98.7 Å². The van der Waals surface area contributed by atoms with Gasteiger partial charge < -0.3 is 14.5 Å². The molecule has 2 aromatic carbocycles. The maximum Gasteiger partial charge on any atom is 0.415 e. The van der Waals surface area contributed by atoms with Crippen molar-refractivity contribution in [1.82, 2.24) is 9.88 Å². The summed E-state index contributed by atoms with van der Waals surface area (Å²) in [5.41, 5.74) is 0.594. The Morgan fingerprint density at radius 1 is 0.957 bits per heavy atom. The highest BCUT2D eigenvalue weighted by molar-refractivity contribution is 6.74. The number of ether oxygens (including phenoxy) is 1. The van der Waals surface area contributed by atoms with Crippen molar-refractivity contribution >= 4 is 37.6 Å². The van der Waals surface area contributed by atoms with Gasteiger partial charge in [-0.3, -0.25) is 19.5 Å². The molecule has 0 aliphatic carbocycles. The first-order chi connectivity index (χ1) is 21.3. The van der Waals surface area contributed by atoms with Crippen molar-refractivity contribution in [3.8, 4) is 11.3 Å². The van der Waals surface area contributed by atoms with Gasteiger partial charge in [0.15, 0.2) is 14.4 Å². The van der Waals surface area contributed by atoms with Gasteiger partial charge in [-0.2, -0.15) is 13.2 Å². The molecule has 2 unspecified atom stereocenters. The highest BCUT2D eigenvalue weighted by atomic mass is 35.5. The fourth-order valence-corrected chi connectivity index (χ4v) is 5.77. The maximum absolute atomic E-state index is 14.5. The highest BCUT2D eigenvalue weighted by Crippen LogP contribution is 2.41. The molecule has 0 aliphatic rings. The molecule has 0 saturated heterocycles. The number of carbonyl (C=O) groups excluding carboxylic acids is 2. The number of pyridine rings is 1. The molecule has 2 N–H and O–H groups in total. The van der Waals surface area contributed by atoms with Gasteiger partial charge in [0.05, 0.1) is 11.7 Å². The number of hydrogen-bond acceptors (Lipinski definition) is 5. The molecule has 0 bridgehead atoms. The average Bonchev–Trinajstić information content (AvgIpc) is 2.96. The van der Waals surface area contributed by atoms with E-state index < -0.39 is 61.7 Å². The van der Waals surface area contributed by atoms with Crippen molar-refractivity contribution in [3.63, 3.8) is 0 Å². The average molecular weight is 680 g/mol. The number of carbonyl (C=O) groups is 2. The molecule has 0 saturated carbocycles. The van der Waals surface area contributed by atoms with Crippen molar-refractivity contribution in [2.24, 2.45) is 5.92 Å². The lowest BCUT2D eigenvalue weighted by atomic mass is 9.98. The third kappa shape index (κ3) is 9.70. The highest BCUT2D eigenvalue weighted by Gasteiger charge is 2.52. The maximum atomic E-state index is 14.5. The fraction of sp³-hybridized carbons (Fsp3) is 0.424. The Balaban J connectivity index is 1.94. The monoisotopic (exact) mass is 679 g/mol. The minimum Gasteiger partial charge on any atom is -0.444 e. The number of aromatic nitrogens is 1. The van der Waals surface area contributed by atoms with E-state index in [4.69, 9.17) is 20.8 Å². The molecule has 250 valence electrons. The van der Waals surface area contributed by atoms with Gasteiger partial charge in [0, 0.05) is 5.02 Å². The number of rotatable bonds is 11. The zero-order valence-electron chi connectivity index (χ0n) is 27.0. The Morgan fingerprint density at radius 3 is 2.11 bits per heavy atom. The van der Waals surface area contributed by atoms with E-state index in [-0.39, 0.29) is 18.0 Å². The number of nitrogens with zero attached hydrogens (tertiary/aromatic N) is 1. The Labute approximate surface area is 273 Å². The van der Waals surface area contributed by atoms with Gasteiger partial charge in [0.25, 0.3) is 5.56 Å². The number of hydrogen-bond donors (Lipinski definition) is 2. The van der Waals surface area contributed by atoms with Crippen molar-refractivity contribution < 1.29 is 31.9 Å². The molecular formula is C33H41ClF3N3O5Si. The summed E-state index contributed by atoms with van der Waals surface area (Å²) in [6.07, 6.45) is -7.93. The van der Waals surface area contributed by atoms with Crippen LogP contribution in [0.25, 0.3) is 11.3 Å². The second-order valence-corrected chi connectivity index (χ2v) is 18.1. The van der Waals surface area contributed by atoms with Crippen LogP contribution in [-0.4, -0.2) is 43.2 Å². The molecule has 2 amide bonds. The van der Waals surface area contributed by atoms with Crippen molar-refractivity contribution in [1.29, 1.82) is 0 Å². The Kier molecular flexibility index (Phi) is 11.9. The minimum absolute atomic E-state index is 0.0416. The van der Waals surface area contributed by atoms with E-state index in [0.717, 1.165) is 10.1 Å². The molecule has 1 heterocycles. The van der Waals surface area contributed by atoms with Gasteiger partial charge >= 0.3 is 12.3 Å². The molecular weight excluding hydrogens is 639 g/mol. The van der Waals surface area contributed by atoms with E-state index in [1.807, 2.05) is 26.8 Å². The van der Waals surface area contributed by atoms with Gasteiger partial charge in [0.2, 0.25) is 5.91 Å². The van der Waals surface area contributed by atoms with E-state index in [1.165, 1.54) is 12.1 Å². The van der Waals surface area contributed by atoms with Crippen molar-refractivity contribution in [2.75, 3.05) is 5.32 Å². The van der Waals surface area contributed by atoms with E-state index in [1.54, 1.807) is 75.5 Å². The second-order valence-electron chi connectivity index (χ2n) is 12.9. The summed E-state index contributed by atoms with van der Waals surface area (Å²) >= 11 is 6.04. The van der Waals surface area contributed by atoms with E-state index in [2.05, 4.69) is 10.6 Å². The first kappa shape index (κ1) is 36.9. The van der Waals surface area contributed by atoms with Crippen LogP contribution in [0, 0.1) is 5.92 Å². The van der Waals surface area contributed by atoms with Crippen LogP contribution in [0.5, 0.6) is 0 Å². The lowest BCUT2D eigenvalue weighted by molar-refractivity contribution is -0.210. The van der Waals surface area contributed by atoms with Crippen molar-refractivity contribution in [3.05, 3.63) is 87.7 Å². The zero-order valence-corrected chi connectivity index (χ0v) is 28.8. The zero-order chi connectivity index (χ0) is 34.4. The van der Waals surface area contributed by atoms with Gasteiger partial charge in [-0.05, 0) is 59.4 Å². The van der Waals surface area contributed by atoms with Crippen LogP contribution in [-0.2, 0) is 27.1 Å². The SMILES string of the molecule is CC(C)C(NC(=O)Cn1c(-c2ccc(Cl)cc2)ccc(NC(=O)OCc2ccccc2)c1=O)C(O[Si](C)(C)C(C)(C)C)C(F)(F)F. The fourth-order valence-electron chi connectivity index (χ4n) is 4.38. The predicted molar refractivity (Wildman–Crippen MR) is 176 cm³/mol. The van der Waals surface area contributed by atoms with Crippen molar-refractivity contribution in [2.45, 2.75) is 84.2 Å². The number of amides is 2. The summed E-state index contributed by atoms with van der Waals surface area (Å²) in [5.74, 6) is -1.51. The number of halogens is 4. The van der Waals surface area contributed by atoms with Crippen LogP contribution in [0.15, 0.2) is 71.5 Å².